The zero-order chi connectivity index (χ0) is 54.8. The normalized spacial score (nSPS) is 17.3. The number of hydrogen-bond donors (Lipinski definition) is 1. The minimum Gasteiger partial charge on any atom is -0.465 e. The zero-order valence-electron chi connectivity index (χ0n) is 44.1. The molecule has 2 spiro atoms. The quantitative estimate of drug-likeness (QED) is 0.0850. The largest absolute Gasteiger partial charge is 0.465 e. The van der Waals surface area contributed by atoms with Crippen LogP contribution < -0.4 is 9.03 Å². The number of rotatable bonds is 11. The van der Waals surface area contributed by atoms with E-state index in [0.717, 1.165) is 29.3 Å². The molecule has 4 fully saturated rings. The van der Waals surface area contributed by atoms with Crippen molar-refractivity contribution >= 4 is 71.8 Å². The number of para-hydroxylation sites is 2. The molecule has 408 valence electrons. The molecule has 75 heavy (non-hydrogen) atoms. The van der Waals surface area contributed by atoms with Gasteiger partial charge in [-0.15, -0.1) is 0 Å². The summed E-state index contributed by atoms with van der Waals surface area (Å²) in [5.41, 5.74) is 2.93. The Balaban J connectivity index is 0.000000207. The summed E-state index contributed by atoms with van der Waals surface area (Å²) in [5.74, 6) is -0.737. The molecule has 0 radical (unpaired) electrons. The Morgan fingerprint density at radius 1 is 0.573 bits per heavy atom. The van der Waals surface area contributed by atoms with Crippen LogP contribution in [0.1, 0.15) is 99.1 Å². The molecule has 0 saturated carbocycles. The van der Waals surface area contributed by atoms with E-state index in [1.807, 2.05) is 77.9 Å². The average molecular weight is 1140 g/mol. The van der Waals surface area contributed by atoms with E-state index in [1.165, 1.54) is 27.1 Å². The van der Waals surface area contributed by atoms with E-state index in [-0.39, 0.29) is 35.5 Å². The lowest BCUT2D eigenvalue weighted by atomic mass is 9.72. The predicted molar refractivity (Wildman–Crippen MR) is 291 cm³/mol. The highest BCUT2D eigenvalue weighted by atomic mass is 79.9. The van der Waals surface area contributed by atoms with Crippen molar-refractivity contribution in [3.8, 4) is 0 Å². The topological polar surface area (TPSA) is 202 Å². The highest BCUT2D eigenvalue weighted by molar-refractivity contribution is 9.08. The molecule has 4 aliphatic rings. The summed E-state index contributed by atoms with van der Waals surface area (Å²) in [5, 5.41) is 0.800. The molecular weight excluding hydrogens is 1070 g/mol. The number of ether oxygens (including phenoxy) is 4. The summed E-state index contributed by atoms with van der Waals surface area (Å²) in [4.78, 5) is 50.6. The first-order valence-corrected chi connectivity index (χ1v) is 28.8. The summed E-state index contributed by atoms with van der Waals surface area (Å²) in [6.45, 7) is 15.4. The second kappa shape index (κ2) is 24.5. The van der Waals surface area contributed by atoms with Gasteiger partial charge in [0.1, 0.15) is 11.2 Å². The standard InChI is InChI=1S/C27H35N3O6S.C18H27N3O4S.C9H9BrO2/c1-26(2,3)36-25(32)28-19-27(20-28)14-16-29(17-15-27)37(33,34)30(23-8-6-5-7-9-23)18-21-10-12-22(13-11-21)24(31)35-4;1-17(2,3)25-16(22)20-13-18(14-20)9-11-21(12-10-18)26(23,24)19-15-7-5-4-6-8-15;1-12-9(11)8-4-2-7(6-10)3-5-8/h5-13H,14-20H2,1-4H3;4-8,19H,9-14H2,1-3H3;2-5H,6H2,1H3. The van der Waals surface area contributed by atoms with Gasteiger partial charge in [-0.25, -0.2) is 19.2 Å². The monoisotopic (exact) mass is 1140 g/mol. The molecule has 4 aromatic rings. The smallest absolute Gasteiger partial charge is 0.410 e. The molecule has 1 N–H and O–H groups in total. The number of hydrogen-bond acceptors (Lipinski definition) is 12. The van der Waals surface area contributed by atoms with Gasteiger partial charge in [0.2, 0.25) is 0 Å². The molecule has 0 aliphatic carbocycles. The summed E-state index contributed by atoms with van der Waals surface area (Å²) in [6, 6.07) is 31.9. The zero-order valence-corrected chi connectivity index (χ0v) is 47.3. The first kappa shape index (κ1) is 58.5. The van der Waals surface area contributed by atoms with Gasteiger partial charge < -0.3 is 28.7 Å². The van der Waals surface area contributed by atoms with Crippen LogP contribution in [0.5, 0.6) is 0 Å². The predicted octanol–water partition coefficient (Wildman–Crippen LogP) is 9.10. The molecule has 0 aromatic heterocycles. The number of alkyl halides is 1. The van der Waals surface area contributed by atoms with E-state index in [0.29, 0.717) is 87.7 Å². The molecular formula is C54H71BrN6O12S2. The van der Waals surface area contributed by atoms with E-state index < -0.39 is 37.6 Å². The maximum atomic E-state index is 13.9. The van der Waals surface area contributed by atoms with Crippen LogP contribution in [0.3, 0.4) is 0 Å². The van der Waals surface area contributed by atoms with Gasteiger partial charge in [-0.2, -0.15) is 25.4 Å². The number of piperidine rings is 2. The fraction of sp³-hybridized carbons (Fsp3) is 0.481. The lowest BCUT2D eigenvalue weighted by Gasteiger charge is -2.53. The third-order valence-corrected chi connectivity index (χ3v) is 17.3. The fourth-order valence-electron chi connectivity index (χ4n) is 9.10. The van der Waals surface area contributed by atoms with Gasteiger partial charge >= 0.3 is 44.5 Å². The average Bonchev–Trinajstić information content (AvgIpc) is 3.36. The van der Waals surface area contributed by atoms with Gasteiger partial charge in [0.15, 0.2) is 0 Å². The van der Waals surface area contributed by atoms with Gasteiger partial charge in [0.25, 0.3) is 0 Å². The SMILES string of the molecule is CC(C)(C)OC(=O)N1CC2(CCN(S(=O)(=O)Nc3ccccc3)CC2)C1.COC(=O)c1ccc(CBr)cc1.COC(=O)c1ccc(CN(c2ccccc2)S(=O)(=O)N2CCC3(CC2)CN(C(=O)OC(C)(C)C)C3)cc1. The molecule has 0 atom stereocenters. The van der Waals surface area contributed by atoms with Gasteiger partial charge in [-0.3, -0.25) is 9.03 Å². The number of likely N-dealkylation sites (tertiary alicyclic amines) is 2. The molecule has 4 heterocycles. The number of amides is 2. The van der Waals surface area contributed by atoms with E-state index in [4.69, 9.17) is 14.2 Å². The van der Waals surface area contributed by atoms with Crippen molar-refractivity contribution < 1.29 is 55.0 Å². The molecule has 4 saturated heterocycles. The van der Waals surface area contributed by atoms with E-state index >= 15 is 0 Å². The van der Waals surface area contributed by atoms with Crippen molar-refractivity contribution in [3.05, 3.63) is 131 Å². The van der Waals surface area contributed by atoms with Crippen molar-refractivity contribution in [3.63, 3.8) is 0 Å². The summed E-state index contributed by atoms with van der Waals surface area (Å²) in [7, 11) is -4.67. The molecule has 8 rings (SSSR count). The van der Waals surface area contributed by atoms with Crippen molar-refractivity contribution in [1.29, 1.82) is 0 Å². The number of halogens is 1. The first-order chi connectivity index (χ1) is 35.3. The van der Waals surface area contributed by atoms with Crippen LogP contribution >= 0.6 is 15.9 Å². The Bertz CT molecular complexity index is 2780. The van der Waals surface area contributed by atoms with Crippen molar-refractivity contribution in [2.45, 2.75) is 90.3 Å². The highest BCUT2D eigenvalue weighted by Crippen LogP contribution is 2.43. The Kier molecular flexibility index (Phi) is 19.1. The van der Waals surface area contributed by atoms with E-state index in [1.54, 1.807) is 82.6 Å². The first-order valence-electron chi connectivity index (χ1n) is 24.8. The van der Waals surface area contributed by atoms with Gasteiger partial charge in [-0.05, 0) is 127 Å². The van der Waals surface area contributed by atoms with Gasteiger partial charge in [0.05, 0.1) is 37.6 Å². The Hall–Kier alpha value is -5.74. The van der Waals surface area contributed by atoms with Crippen molar-refractivity contribution in [2.75, 3.05) is 75.6 Å². The van der Waals surface area contributed by atoms with Crippen molar-refractivity contribution in [2.24, 2.45) is 10.8 Å². The number of carbonyl (C=O) groups excluding carboxylic acids is 4. The van der Waals surface area contributed by atoms with Crippen LogP contribution in [0.15, 0.2) is 109 Å². The third kappa shape index (κ3) is 15.9. The number of carbonyl (C=O) groups is 4. The third-order valence-electron chi connectivity index (χ3n) is 13.2. The number of nitrogens with one attached hydrogen (secondary N) is 1. The molecule has 18 nitrogen and oxygen atoms in total. The molecule has 21 heteroatoms. The van der Waals surface area contributed by atoms with E-state index in [9.17, 15) is 36.0 Å². The summed E-state index contributed by atoms with van der Waals surface area (Å²) in [6.07, 6.45) is 2.26. The molecule has 2 amide bonds. The lowest BCUT2D eigenvalue weighted by molar-refractivity contribution is -0.0523. The second-order valence-corrected chi connectivity index (χ2v) is 25.4. The van der Waals surface area contributed by atoms with Crippen LogP contribution in [0.4, 0.5) is 21.0 Å². The molecule has 4 aromatic carbocycles. The summed E-state index contributed by atoms with van der Waals surface area (Å²) >= 11 is 3.32. The van der Waals surface area contributed by atoms with E-state index in [2.05, 4.69) is 25.4 Å². The summed E-state index contributed by atoms with van der Waals surface area (Å²) < 4.78 is 80.0. The van der Waals surface area contributed by atoms with Crippen LogP contribution in [0.2, 0.25) is 0 Å². The van der Waals surface area contributed by atoms with Crippen LogP contribution in [-0.4, -0.2) is 137 Å². The Labute approximate surface area is 451 Å². The van der Waals surface area contributed by atoms with Crippen LogP contribution in [-0.2, 0) is 51.2 Å². The van der Waals surface area contributed by atoms with Crippen LogP contribution in [0.25, 0.3) is 0 Å². The lowest BCUT2D eigenvalue weighted by Crippen LogP contribution is -2.63. The fourth-order valence-corrected chi connectivity index (χ4v) is 12.3. The minimum absolute atomic E-state index is 0.0235. The second-order valence-electron chi connectivity index (χ2n) is 21.3. The number of esters is 2. The molecule has 0 unspecified atom stereocenters. The maximum Gasteiger partial charge on any atom is 0.410 e. The number of nitrogens with zero attached hydrogens (tertiary/aromatic N) is 5. The number of methoxy groups -OCH3 is 2. The molecule has 0 bridgehead atoms. The van der Waals surface area contributed by atoms with Gasteiger partial charge in [-0.1, -0.05) is 76.6 Å². The van der Waals surface area contributed by atoms with Gasteiger partial charge in [0, 0.05) is 74.2 Å². The minimum atomic E-state index is -3.82. The van der Waals surface area contributed by atoms with Crippen molar-refractivity contribution in [1.82, 2.24) is 18.4 Å². The Morgan fingerprint density at radius 2 is 0.960 bits per heavy atom. The Morgan fingerprint density at radius 3 is 1.35 bits per heavy atom. The molecule has 4 aliphatic heterocycles. The number of benzene rings is 4. The number of anilines is 2. The van der Waals surface area contributed by atoms with Crippen LogP contribution in [0, 0.1) is 10.8 Å². The highest BCUT2D eigenvalue weighted by Gasteiger charge is 2.51. The maximum absolute atomic E-state index is 13.9.